The Morgan fingerprint density at radius 2 is 1.83 bits per heavy atom. The maximum Gasteiger partial charge on any atom is 0.312 e. The van der Waals surface area contributed by atoms with E-state index in [2.05, 4.69) is 27.7 Å². The maximum absolute atomic E-state index is 13.1. The van der Waals surface area contributed by atoms with Crippen molar-refractivity contribution in [3.63, 3.8) is 0 Å². The topological polar surface area (TPSA) is 43.4 Å². The fourth-order valence-corrected chi connectivity index (χ4v) is 6.62. The number of ketones is 1. The molecule has 2 bridgehead atoms. The van der Waals surface area contributed by atoms with Crippen molar-refractivity contribution in [2.24, 2.45) is 28.1 Å². The first-order valence-electron chi connectivity index (χ1n) is 9.47. The smallest absolute Gasteiger partial charge is 0.312 e. The molecule has 0 aromatic carbocycles. The van der Waals surface area contributed by atoms with Crippen LogP contribution >= 0.6 is 0 Å². The van der Waals surface area contributed by atoms with Crippen molar-refractivity contribution in [3.05, 3.63) is 0 Å². The largest absolute Gasteiger partial charge is 0.458 e. The summed E-state index contributed by atoms with van der Waals surface area (Å²) in [5.74, 6) is 0.555. The summed E-state index contributed by atoms with van der Waals surface area (Å²) < 4.78 is 6.21. The summed E-state index contributed by atoms with van der Waals surface area (Å²) in [6, 6.07) is 0. The number of Topliss-reactive ketones (excluding diaryl/α,β-unsaturated/α-hetero) is 1. The Morgan fingerprint density at radius 1 is 1.09 bits per heavy atom. The highest BCUT2D eigenvalue weighted by atomic mass is 16.6. The Morgan fingerprint density at radius 3 is 2.52 bits per heavy atom. The van der Waals surface area contributed by atoms with Crippen LogP contribution in [0.5, 0.6) is 0 Å². The fourth-order valence-electron chi connectivity index (χ4n) is 6.62. The second kappa shape index (κ2) is 4.40. The zero-order valence-electron chi connectivity index (χ0n) is 15.0. The van der Waals surface area contributed by atoms with Gasteiger partial charge in [-0.05, 0) is 50.9 Å². The van der Waals surface area contributed by atoms with Gasteiger partial charge >= 0.3 is 5.97 Å². The minimum absolute atomic E-state index is 0.0292. The van der Waals surface area contributed by atoms with Crippen LogP contribution in [0.25, 0.3) is 0 Å². The number of ether oxygens (including phenoxy) is 1. The van der Waals surface area contributed by atoms with Gasteiger partial charge in [-0.15, -0.1) is 0 Å². The van der Waals surface area contributed by atoms with E-state index in [0.29, 0.717) is 12.2 Å². The predicted molar refractivity (Wildman–Crippen MR) is 87.7 cm³/mol. The molecule has 0 radical (unpaired) electrons. The summed E-state index contributed by atoms with van der Waals surface area (Å²) in [6.45, 7) is 8.89. The number of carbonyl (C=O) groups is 2. The monoisotopic (exact) mass is 318 g/mol. The van der Waals surface area contributed by atoms with Gasteiger partial charge in [0.1, 0.15) is 11.4 Å². The zero-order chi connectivity index (χ0) is 16.7. The molecule has 4 fully saturated rings. The van der Waals surface area contributed by atoms with Crippen LogP contribution in [0.1, 0.15) is 79.1 Å². The molecule has 0 amide bonds. The van der Waals surface area contributed by atoms with Crippen molar-refractivity contribution in [1.29, 1.82) is 0 Å². The first-order valence-corrected chi connectivity index (χ1v) is 9.47. The van der Waals surface area contributed by atoms with E-state index in [-0.39, 0.29) is 34.2 Å². The summed E-state index contributed by atoms with van der Waals surface area (Å²) in [5.41, 5.74) is -0.683. The average molecular weight is 318 g/mol. The molecule has 3 heteroatoms. The van der Waals surface area contributed by atoms with Crippen LogP contribution in [0.15, 0.2) is 0 Å². The average Bonchev–Trinajstić information content (AvgIpc) is 2.64. The van der Waals surface area contributed by atoms with Crippen molar-refractivity contribution < 1.29 is 14.3 Å². The number of fused-ring (bicyclic) bond motifs is 1. The van der Waals surface area contributed by atoms with E-state index in [4.69, 9.17) is 4.74 Å². The van der Waals surface area contributed by atoms with Gasteiger partial charge in [0.15, 0.2) is 0 Å². The number of esters is 1. The molecule has 6 atom stereocenters. The number of rotatable bonds is 1. The van der Waals surface area contributed by atoms with Crippen LogP contribution in [0.3, 0.4) is 0 Å². The van der Waals surface area contributed by atoms with E-state index < -0.39 is 5.41 Å². The molecule has 0 N–H and O–H groups in total. The SMILES string of the molecule is CC[C@]1(C)CC[C@]2(C)[C@@H](C1)C(=O)C[C@H]1[C@]3(C)CCC[C@@]12OC3=O. The van der Waals surface area contributed by atoms with Gasteiger partial charge in [0.2, 0.25) is 0 Å². The first kappa shape index (κ1) is 15.7. The lowest BCUT2D eigenvalue weighted by Gasteiger charge is -2.61. The Balaban J connectivity index is 1.81. The molecule has 1 saturated heterocycles. The third-order valence-electron chi connectivity index (χ3n) is 8.65. The van der Waals surface area contributed by atoms with Gasteiger partial charge < -0.3 is 4.74 Å². The summed E-state index contributed by atoms with van der Waals surface area (Å²) in [6.07, 6.45) is 7.73. The minimum atomic E-state index is -0.423. The van der Waals surface area contributed by atoms with Crippen molar-refractivity contribution in [3.8, 4) is 0 Å². The van der Waals surface area contributed by atoms with Gasteiger partial charge in [-0.2, -0.15) is 0 Å². The Kier molecular flexibility index (Phi) is 3.00. The predicted octanol–water partition coefficient (Wildman–Crippen LogP) is 4.28. The van der Waals surface area contributed by atoms with Crippen molar-refractivity contribution in [2.45, 2.75) is 84.7 Å². The zero-order valence-corrected chi connectivity index (χ0v) is 15.0. The van der Waals surface area contributed by atoms with Crippen LogP contribution in [0.2, 0.25) is 0 Å². The Labute approximate surface area is 139 Å². The summed E-state index contributed by atoms with van der Waals surface area (Å²) in [7, 11) is 0. The second-order valence-electron chi connectivity index (χ2n) is 9.61. The summed E-state index contributed by atoms with van der Waals surface area (Å²) in [4.78, 5) is 25.8. The minimum Gasteiger partial charge on any atom is -0.458 e. The Bertz CT molecular complexity index is 583. The van der Waals surface area contributed by atoms with E-state index in [1.807, 2.05) is 0 Å². The van der Waals surface area contributed by atoms with E-state index in [1.54, 1.807) is 0 Å². The molecule has 0 aromatic rings. The number of hydrogen-bond donors (Lipinski definition) is 0. The summed E-state index contributed by atoms with van der Waals surface area (Å²) in [5, 5.41) is 0. The highest BCUT2D eigenvalue weighted by Crippen LogP contribution is 2.70. The van der Waals surface area contributed by atoms with Crippen LogP contribution in [0.4, 0.5) is 0 Å². The van der Waals surface area contributed by atoms with Gasteiger partial charge in [0.05, 0.1) is 5.41 Å². The molecule has 4 rings (SSSR count). The third-order valence-corrected chi connectivity index (χ3v) is 8.65. The molecule has 23 heavy (non-hydrogen) atoms. The molecule has 4 aliphatic rings. The molecule has 3 nitrogen and oxygen atoms in total. The van der Waals surface area contributed by atoms with Crippen LogP contribution in [-0.2, 0) is 14.3 Å². The van der Waals surface area contributed by atoms with E-state index >= 15 is 0 Å². The first-order chi connectivity index (χ1) is 10.7. The maximum atomic E-state index is 13.1. The van der Waals surface area contributed by atoms with Crippen molar-refractivity contribution in [1.82, 2.24) is 0 Å². The molecule has 0 spiro atoms. The van der Waals surface area contributed by atoms with Gasteiger partial charge in [-0.25, -0.2) is 0 Å². The standard InChI is InChI=1S/C20H30O3/c1-5-17(2)9-10-19(4)13(12-17)14(21)11-15-18(3)7-6-8-20(15,19)23-16(18)22/h13,15H,5-12H2,1-4H3/t13-,15-,17+,18-,19+,20+/m0/s1. The van der Waals surface area contributed by atoms with Crippen LogP contribution in [0, 0.1) is 28.1 Å². The third kappa shape index (κ3) is 1.67. The molecular weight excluding hydrogens is 288 g/mol. The second-order valence-corrected chi connectivity index (χ2v) is 9.61. The molecule has 3 aliphatic carbocycles. The molecule has 3 saturated carbocycles. The quantitative estimate of drug-likeness (QED) is 0.678. The lowest BCUT2D eigenvalue weighted by atomic mass is 9.42. The van der Waals surface area contributed by atoms with Gasteiger partial charge in [-0.3, -0.25) is 9.59 Å². The lowest BCUT2D eigenvalue weighted by molar-refractivity contribution is -0.204. The normalized spacial score (nSPS) is 55.1. The number of carbonyl (C=O) groups excluding carboxylic acids is 2. The van der Waals surface area contributed by atoms with E-state index in [9.17, 15) is 9.59 Å². The highest BCUT2D eigenvalue weighted by molar-refractivity contribution is 5.88. The highest BCUT2D eigenvalue weighted by Gasteiger charge is 2.75. The molecular formula is C20H30O3. The van der Waals surface area contributed by atoms with E-state index in [1.165, 1.54) is 0 Å². The van der Waals surface area contributed by atoms with Gasteiger partial charge in [-0.1, -0.05) is 27.2 Å². The molecule has 1 aliphatic heterocycles. The van der Waals surface area contributed by atoms with Crippen molar-refractivity contribution >= 4 is 11.8 Å². The van der Waals surface area contributed by atoms with Crippen LogP contribution < -0.4 is 0 Å². The molecule has 1 heterocycles. The van der Waals surface area contributed by atoms with Crippen molar-refractivity contribution in [2.75, 3.05) is 0 Å². The van der Waals surface area contributed by atoms with Crippen LogP contribution in [-0.4, -0.2) is 17.4 Å². The molecule has 0 aromatic heterocycles. The van der Waals surface area contributed by atoms with E-state index in [0.717, 1.165) is 44.9 Å². The molecule has 128 valence electrons. The lowest BCUT2D eigenvalue weighted by Crippen LogP contribution is -2.65. The Hall–Kier alpha value is -0.860. The van der Waals surface area contributed by atoms with Gasteiger partial charge in [0, 0.05) is 23.7 Å². The summed E-state index contributed by atoms with van der Waals surface area (Å²) >= 11 is 0. The fraction of sp³-hybridized carbons (Fsp3) is 0.900. The number of hydrogen-bond acceptors (Lipinski definition) is 3. The van der Waals surface area contributed by atoms with Gasteiger partial charge in [0.25, 0.3) is 0 Å². The molecule has 0 unspecified atom stereocenters.